The second-order valence-corrected chi connectivity index (χ2v) is 6.05. The first-order valence-electron chi connectivity index (χ1n) is 6.55. The molecular weight excluding hydrogens is 246 g/mol. The van der Waals surface area contributed by atoms with Gasteiger partial charge in [0.15, 0.2) is 5.16 Å². The minimum atomic E-state index is -0.261. The lowest BCUT2D eigenvalue weighted by Crippen LogP contribution is -2.14. The number of thioether (sulfide) groups is 1. The van der Waals surface area contributed by atoms with E-state index in [9.17, 15) is 5.11 Å². The first-order chi connectivity index (χ1) is 8.63. The van der Waals surface area contributed by atoms with Crippen molar-refractivity contribution in [2.45, 2.75) is 50.3 Å². The largest absolute Gasteiger partial charge is 0.392 e. The number of hydrogen-bond acceptors (Lipinski definition) is 5. The number of aliphatic hydroxyl groups is 1. The molecule has 0 amide bonds. The number of hydrogen-bond donors (Lipinski definition) is 2. The van der Waals surface area contributed by atoms with Crippen molar-refractivity contribution in [1.82, 2.24) is 9.97 Å². The normalized spacial score (nSPS) is 18.1. The van der Waals surface area contributed by atoms with Crippen LogP contribution >= 0.6 is 11.8 Å². The molecule has 1 unspecified atom stereocenters. The van der Waals surface area contributed by atoms with Gasteiger partial charge in [0.1, 0.15) is 5.82 Å². The monoisotopic (exact) mass is 267 g/mol. The van der Waals surface area contributed by atoms with Gasteiger partial charge < -0.3 is 10.8 Å². The van der Waals surface area contributed by atoms with Crippen LogP contribution in [0.2, 0.25) is 0 Å². The van der Waals surface area contributed by atoms with Crippen LogP contribution in [0.1, 0.15) is 37.8 Å². The quantitative estimate of drug-likeness (QED) is 0.633. The summed E-state index contributed by atoms with van der Waals surface area (Å²) in [6.45, 7) is 1.90. The van der Waals surface area contributed by atoms with E-state index in [0.717, 1.165) is 12.1 Å². The number of aromatic nitrogens is 2. The molecule has 5 heteroatoms. The third-order valence-corrected chi connectivity index (χ3v) is 4.33. The minimum absolute atomic E-state index is 0.261. The molecule has 4 nitrogen and oxygen atoms in total. The maximum absolute atomic E-state index is 10.0. The lowest BCUT2D eigenvalue weighted by atomic mass is 10.0. The summed E-state index contributed by atoms with van der Waals surface area (Å²) in [4.78, 5) is 8.45. The number of aryl methyl sites for hydroxylation is 1. The van der Waals surface area contributed by atoms with Crippen molar-refractivity contribution in [2.24, 2.45) is 5.92 Å². The van der Waals surface area contributed by atoms with E-state index in [-0.39, 0.29) is 6.10 Å². The van der Waals surface area contributed by atoms with E-state index in [0.29, 0.717) is 22.6 Å². The third-order valence-electron chi connectivity index (χ3n) is 3.34. The van der Waals surface area contributed by atoms with Gasteiger partial charge in [-0.15, -0.1) is 0 Å². The molecule has 2 rings (SSSR count). The summed E-state index contributed by atoms with van der Waals surface area (Å²) in [6, 6.07) is 1.75. The Morgan fingerprint density at radius 2 is 2.17 bits per heavy atom. The highest BCUT2D eigenvalue weighted by Gasteiger charge is 2.19. The fraction of sp³-hybridized carbons (Fsp3) is 0.692. The summed E-state index contributed by atoms with van der Waals surface area (Å²) < 4.78 is 0. The van der Waals surface area contributed by atoms with E-state index in [1.165, 1.54) is 37.4 Å². The van der Waals surface area contributed by atoms with Crippen LogP contribution in [0.25, 0.3) is 0 Å². The average molecular weight is 267 g/mol. The summed E-state index contributed by atoms with van der Waals surface area (Å²) >= 11 is 1.49. The van der Waals surface area contributed by atoms with Crippen molar-refractivity contribution in [3.05, 3.63) is 11.8 Å². The SMILES string of the molecule is Cc1cc(N)nc(SCC(O)CC2CCCC2)n1. The van der Waals surface area contributed by atoms with Crippen LogP contribution < -0.4 is 5.73 Å². The zero-order chi connectivity index (χ0) is 13.0. The van der Waals surface area contributed by atoms with E-state index in [1.54, 1.807) is 6.07 Å². The molecule has 0 bridgehead atoms. The smallest absolute Gasteiger partial charge is 0.189 e. The molecule has 100 valence electrons. The predicted octanol–water partition coefficient (Wildman–Crippen LogP) is 2.40. The molecule has 0 aromatic carbocycles. The Morgan fingerprint density at radius 3 is 2.83 bits per heavy atom. The Hall–Kier alpha value is -0.810. The highest BCUT2D eigenvalue weighted by molar-refractivity contribution is 7.99. The van der Waals surface area contributed by atoms with Crippen LogP contribution in [-0.4, -0.2) is 26.9 Å². The maximum atomic E-state index is 10.0. The molecule has 1 aliphatic carbocycles. The number of rotatable bonds is 5. The second kappa shape index (κ2) is 6.38. The first kappa shape index (κ1) is 13.6. The number of anilines is 1. The maximum Gasteiger partial charge on any atom is 0.189 e. The summed E-state index contributed by atoms with van der Waals surface area (Å²) in [6.07, 6.45) is 5.84. The number of aliphatic hydroxyl groups excluding tert-OH is 1. The molecule has 1 atom stereocenters. The zero-order valence-electron chi connectivity index (χ0n) is 10.8. The Balaban J connectivity index is 1.79. The predicted molar refractivity (Wildman–Crippen MR) is 74.5 cm³/mol. The molecule has 0 spiro atoms. The molecule has 1 aromatic heterocycles. The van der Waals surface area contributed by atoms with E-state index in [2.05, 4.69) is 9.97 Å². The van der Waals surface area contributed by atoms with E-state index < -0.39 is 0 Å². The topological polar surface area (TPSA) is 72.0 Å². The van der Waals surface area contributed by atoms with E-state index >= 15 is 0 Å². The molecule has 1 saturated carbocycles. The Kier molecular flexibility index (Phi) is 4.83. The lowest BCUT2D eigenvalue weighted by molar-refractivity contribution is 0.165. The van der Waals surface area contributed by atoms with Crippen LogP contribution in [0.4, 0.5) is 5.82 Å². The highest BCUT2D eigenvalue weighted by Crippen LogP contribution is 2.29. The lowest BCUT2D eigenvalue weighted by Gasteiger charge is -2.14. The Morgan fingerprint density at radius 1 is 1.44 bits per heavy atom. The number of nitrogen functional groups attached to an aromatic ring is 1. The van der Waals surface area contributed by atoms with Gasteiger partial charge in [-0.05, 0) is 19.3 Å². The first-order valence-corrected chi connectivity index (χ1v) is 7.54. The molecule has 1 heterocycles. The average Bonchev–Trinajstić information content (AvgIpc) is 2.78. The van der Waals surface area contributed by atoms with Crippen molar-refractivity contribution in [1.29, 1.82) is 0 Å². The van der Waals surface area contributed by atoms with Gasteiger partial charge in [-0.3, -0.25) is 0 Å². The van der Waals surface area contributed by atoms with Gasteiger partial charge in [0.2, 0.25) is 0 Å². The van der Waals surface area contributed by atoms with Crippen molar-refractivity contribution >= 4 is 17.6 Å². The molecule has 0 aliphatic heterocycles. The van der Waals surface area contributed by atoms with Crippen molar-refractivity contribution < 1.29 is 5.11 Å². The molecule has 1 aliphatic rings. The fourth-order valence-corrected chi connectivity index (χ4v) is 3.36. The molecule has 18 heavy (non-hydrogen) atoms. The summed E-state index contributed by atoms with van der Waals surface area (Å²) in [5.74, 6) is 1.86. The van der Waals surface area contributed by atoms with E-state index in [4.69, 9.17) is 5.73 Å². The summed E-state index contributed by atoms with van der Waals surface area (Å²) in [7, 11) is 0. The van der Waals surface area contributed by atoms with Gasteiger partial charge in [-0.25, -0.2) is 9.97 Å². The molecule has 0 radical (unpaired) electrons. The Labute approximate surface area is 112 Å². The minimum Gasteiger partial charge on any atom is -0.392 e. The van der Waals surface area contributed by atoms with Crippen LogP contribution in [0.15, 0.2) is 11.2 Å². The van der Waals surface area contributed by atoms with E-state index in [1.807, 2.05) is 6.92 Å². The van der Waals surface area contributed by atoms with Crippen molar-refractivity contribution in [3.63, 3.8) is 0 Å². The molecular formula is C13H21N3OS. The van der Waals surface area contributed by atoms with Crippen LogP contribution in [0, 0.1) is 12.8 Å². The van der Waals surface area contributed by atoms with Gasteiger partial charge in [0.05, 0.1) is 6.10 Å². The number of nitrogens with zero attached hydrogens (tertiary/aromatic N) is 2. The molecule has 0 saturated heterocycles. The standard InChI is InChI=1S/C13H21N3OS/c1-9-6-12(14)16-13(15-9)18-8-11(17)7-10-4-2-3-5-10/h6,10-11,17H,2-5,7-8H2,1H3,(H2,14,15,16). The van der Waals surface area contributed by atoms with Crippen molar-refractivity contribution in [2.75, 3.05) is 11.5 Å². The summed E-state index contributed by atoms with van der Waals surface area (Å²) in [5.41, 5.74) is 6.54. The van der Waals surface area contributed by atoms with Gasteiger partial charge in [0, 0.05) is 17.5 Å². The molecule has 1 fully saturated rings. The van der Waals surface area contributed by atoms with Crippen LogP contribution in [0.5, 0.6) is 0 Å². The van der Waals surface area contributed by atoms with Crippen molar-refractivity contribution in [3.8, 4) is 0 Å². The van der Waals surface area contributed by atoms with Gasteiger partial charge in [-0.1, -0.05) is 37.4 Å². The van der Waals surface area contributed by atoms with Gasteiger partial charge in [0.25, 0.3) is 0 Å². The fourth-order valence-electron chi connectivity index (χ4n) is 2.50. The van der Waals surface area contributed by atoms with Crippen LogP contribution in [0.3, 0.4) is 0 Å². The number of nitrogens with two attached hydrogens (primary N) is 1. The molecule has 3 N–H and O–H groups in total. The van der Waals surface area contributed by atoms with Gasteiger partial charge >= 0.3 is 0 Å². The second-order valence-electron chi connectivity index (χ2n) is 5.07. The highest BCUT2D eigenvalue weighted by atomic mass is 32.2. The Bertz CT molecular complexity index is 374. The van der Waals surface area contributed by atoms with Crippen LogP contribution in [-0.2, 0) is 0 Å². The molecule has 1 aromatic rings. The summed E-state index contributed by atoms with van der Waals surface area (Å²) in [5, 5.41) is 10.7. The third kappa shape index (κ3) is 4.14. The van der Waals surface area contributed by atoms with Gasteiger partial charge in [-0.2, -0.15) is 0 Å². The zero-order valence-corrected chi connectivity index (χ0v) is 11.6.